The molecule has 0 saturated heterocycles. The van der Waals surface area contributed by atoms with Crippen molar-refractivity contribution < 1.29 is 4.92 Å². The summed E-state index contributed by atoms with van der Waals surface area (Å²) in [6.45, 7) is 2.68. The van der Waals surface area contributed by atoms with Crippen molar-refractivity contribution in [2.24, 2.45) is 0 Å². The van der Waals surface area contributed by atoms with Gasteiger partial charge in [-0.25, -0.2) is 0 Å². The summed E-state index contributed by atoms with van der Waals surface area (Å²) in [6, 6.07) is 8.83. The van der Waals surface area contributed by atoms with Crippen LogP contribution in [0.1, 0.15) is 23.4 Å². The summed E-state index contributed by atoms with van der Waals surface area (Å²) in [6.07, 6.45) is 0. The third kappa shape index (κ3) is 3.79. The van der Waals surface area contributed by atoms with Crippen LogP contribution in [0.25, 0.3) is 0 Å². The van der Waals surface area contributed by atoms with Gasteiger partial charge < -0.3 is 5.32 Å². The number of nitrogens with zero attached hydrogens (tertiary/aromatic N) is 1. The molecule has 0 spiro atoms. The molecular weight excluding hydrogens is 364 g/mol. The summed E-state index contributed by atoms with van der Waals surface area (Å²) in [5.41, 5.74) is 1.06. The van der Waals surface area contributed by atoms with Crippen molar-refractivity contribution in [1.82, 2.24) is 5.32 Å². The Labute approximate surface area is 134 Å². The summed E-state index contributed by atoms with van der Waals surface area (Å²) >= 11 is 10.8. The van der Waals surface area contributed by atoms with E-state index in [1.165, 1.54) is 12.1 Å². The summed E-state index contributed by atoms with van der Waals surface area (Å²) < 4.78 is 1.50. The first kappa shape index (κ1) is 15.4. The van der Waals surface area contributed by atoms with Gasteiger partial charge in [-0.2, -0.15) is 0 Å². The number of thiophene rings is 1. The molecule has 2 aromatic rings. The van der Waals surface area contributed by atoms with E-state index in [0.717, 1.165) is 19.2 Å². The number of nitrogens with one attached hydrogen (secondary N) is 1. The molecule has 1 aromatic carbocycles. The monoisotopic (exact) mass is 374 g/mol. The van der Waals surface area contributed by atoms with Gasteiger partial charge in [0.1, 0.15) is 0 Å². The van der Waals surface area contributed by atoms with Crippen molar-refractivity contribution in [2.45, 2.75) is 19.5 Å². The Kier molecular flexibility index (Phi) is 5.15. The molecule has 1 aromatic heterocycles. The number of hydrogen-bond donors (Lipinski definition) is 1. The maximum absolute atomic E-state index is 10.7. The van der Waals surface area contributed by atoms with Crippen molar-refractivity contribution in [3.63, 3.8) is 0 Å². The van der Waals surface area contributed by atoms with Gasteiger partial charge in [0.25, 0.3) is 5.69 Å². The van der Waals surface area contributed by atoms with Crippen LogP contribution in [0.2, 0.25) is 4.34 Å². The zero-order chi connectivity index (χ0) is 14.7. The Balaban J connectivity index is 2.02. The highest BCUT2D eigenvalue weighted by Gasteiger charge is 2.11. The first-order valence-electron chi connectivity index (χ1n) is 5.89. The van der Waals surface area contributed by atoms with Gasteiger partial charge in [0, 0.05) is 34.1 Å². The van der Waals surface area contributed by atoms with E-state index in [0.29, 0.717) is 6.54 Å². The summed E-state index contributed by atoms with van der Waals surface area (Å²) in [5, 5.41) is 14.0. The minimum absolute atomic E-state index is 0.0821. The van der Waals surface area contributed by atoms with Crippen LogP contribution in [0.3, 0.4) is 0 Å². The van der Waals surface area contributed by atoms with Gasteiger partial charge in [-0.05, 0) is 30.7 Å². The van der Waals surface area contributed by atoms with Crippen LogP contribution in [0.4, 0.5) is 5.69 Å². The molecule has 0 amide bonds. The third-order valence-corrected chi connectivity index (χ3v) is 5.02. The lowest BCUT2D eigenvalue weighted by Gasteiger charge is -2.13. The molecule has 1 atom stereocenters. The fourth-order valence-corrected chi connectivity index (χ4v) is 3.31. The summed E-state index contributed by atoms with van der Waals surface area (Å²) in [7, 11) is 0. The van der Waals surface area contributed by atoms with Gasteiger partial charge in [-0.15, -0.1) is 11.3 Å². The molecule has 1 N–H and O–H groups in total. The molecule has 106 valence electrons. The molecule has 1 heterocycles. The highest BCUT2D eigenvalue weighted by atomic mass is 79.9. The Bertz CT molecular complexity index is 633. The predicted octanol–water partition coefficient (Wildman–Crippen LogP) is 4.92. The van der Waals surface area contributed by atoms with E-state index in [1.54, 1.807) is 17.4 Å². The maximum Gasteiger partial charge on any atom is 0.270 e. The molecule has 0 saturated carbocycles. The number of nitro benzene ring substituents is 1. The van der Waals surface area contributed by atoms with Crippen LogP contribution >= 0.6 is 38.9 Å². The second-order valence-corrected chi connectivity index (χ2v) is 6.88. The van der Waals surface area contributed by atoms with Crippen LogP contribution in [0.5, 0.6) is 0 Å². The first-order valence-corrected chi connectivity index (χ1v) is 7.87. The van der Waals surface area contributed by atoms with E-state index in [4.69, 9.17) is 11.6 Å². The normalized spacial score (nSPS) is 12.3. The van der Waals surface area contributed by atoms with Crippen molar-refractivity contribution in [3.05, 3.63) is 59.7 Å². The number of benzene rings is 1. The molecule has 2 rings (SSSR count). The first-order chi connectivity index (χ1) is 9.47. The maximum atomic E-state index is 10.7. The van der Waals surface area contributed by atoms with Crippen LogP contribution in [-0.2, 0) is 6.54 Å². The van der Waals surface area contributed by atoms with Crippen molar-refractivity contribution in [2.75, 3.05) is 0 Å². The zero-order valence-corrected chi connectivity index (χ0v) is 13.8. The van der Waals surface area contributed by atoms with Crippen molar-refractivity contribution in [1.29, 1.82) is 0 Å². The molecule has 0 fully saturated rings. The van der Waals surface area contributed by atoms with Crippen molar-refractivity contribution >= 4 is 44.6 Å². The Morgan fingerprint density at radius 3 is 2.75 bits per heavy atom. The average Bonchev–Trinajstić information content (AvgIpc) is 2.83. The molecule has 0 aliphatic rings. The molecule has 0 aliphatic carbocycles. The highest BCUT2D eigenvalue weighted by Crippen LogP contribution is 2.28. The average molecular weight is 376 g/mol. The number of nitro groups is 1. The van der Waals surface area contributed by atoms with Crippen molar-refractivity contribution in [3.8, 4) is 0 Å². The third-order valence-electron chi connectivity index (χ3n) is 2.87. The van der Waals surface area contributed by atoms with Crippen LogP contribution in [0.15, 0.2) is 34.8 Å². The standard InChI is InChI=1S/C13H12BrClN2O2S/c1-8(12-4-5-13(15)20-12)16-7-9-2-3-10(17(18)19)6-11(9)14/h2-6,8,16H,7H2,1H3. The fraction of sp³-hybridized carbons (Fsp3) is 0.231. The highest BCUT2D eigenvalue weighted by molar-refractivity contribution is 9.10. The van der Waals surface area contributed by atoms with Gasteiger partial charge in [0.05, 0.1) is 9.26 Å². The van der Waals surface area contributed by atoms with E-state index >= 15 is 0 Å². The molecule has 0 radical (unpaired) electrons. The minimum Gasteiger partial charge on any atom is -0.305 e. The van der Waals surface area contributed by atoms with Gasteiger partial charge in [-0.1, -0.05) is 27.5 Å². The number of hydrogen-bond acceptors (Lipinski definition) is 4. The molecule has 0 bridgehead atoms. The quantitative estimate of drug-likeness (QED) is 0.596. The van der Waals surface area contributed by atoms with Gasteiger partial charge in [0.2, 0.25) is 0 Å². The number of rotatable bonds is 5. The van der Waals surface area contributed by atoms with Crippen LogP contribution in [0, 0.1) is 10.1 Å². The topological polar surface area (TPSA) is 55.2 Å². The fourth-order valence-electron chi connectivity index (χ4n) is 1.72. The Hall–Kier alpha value is -0.950. The van der Waals surface area contributed by atoms with Gasteiger partial charge in [-0.3, -0.25) is 10.1 Å². The SMILES string of the molecule is CC(NCc1ccc([N+](=O)[O-])cc1Br)c1ccc(Cl)s1. The largest absolute Gasteiger partial charge is 0.305 e. The smallest absolute Gasteiger partial charge is 0.270 e. The number of non-ortho nitro benzene ring substituents is 1. The molecule has 7 heteroatoms. The van der Waals surface area contributed by atoms with E-state index in [1.807, 2.05) is 12.1 Å². The van der Waals surface area contributed by atoms with Crippen LogP contribution in [-0.4, -0.2) is 4.92 Å². The summed E-state index contributed by atoms with van der Waals surface area (Å²) in [5.74, 6) is 0. The predicted molar refractivity (Wildman–Crippen MR) is 85.4 cm³/mol. The lowest BCUT2D eigenvalue weighted by atomic mass is 10.2. The molecule has 0 aliphatic heterocycles. The Morgan fingerprint density at radius 2 is 2.20 bits per heavy atom. The molecule has 20 heavy (non-hydrogen) atoms. The summed E-state index contributed by atoms with van der Waals surface area (Å²) in [4.78, 5) is 11.4. The molecule has 4 nitrogen and oxygen atoms in total. The zero-order valence-electron chi connectivity index (χ0n) is 10.6. The lowest BCUT2D eigenvalue weighted by molar-refractivity contribution is -0.384. The van der Waals surface area contributed by atoms with Gasteiger partial charge >= 0.3 is 0 Å². The minimum atomic E-state index is -0.405. The number of halogens is 2. The van der Waals surface area contributed by atoms with E-state index < -0.39 is 4.92 Å². The Morgan fingerprint density at radius 1 is 1.45 bits per heavy atom. The van der Waals surface area contributed by atoms with E-state index in [-0.39, 0.29) is 11.7 Å². The van der Waals surface area contributed by atoms with Crippen LogP contribution < -0.4 is 5.32 Å². The second-order valence-electron chi connectivity index (χ2n) is 4.28. The van der Waals surface area contributed by atoms with E-state index in [9.17, 15) is 10.1 Å². The second kappa shape index (κ2) is 6.67. The van der Waals surface area contributed by atoms with Gasteiger partial charge in [0.15, 0.2) is 0 Å². The molecular formula is C13H12BrClN2O2S. The lowest BCUT2D eigenvalue weighted by Crippen LogP contribution is -2.17. The molecule has 1 unspecified atom stereocenters. The van der Waals surface area contributed by atoms with E-state index in [2.05, 4.69) is 28.2 Å².